The van der Waals surface area contributed by atoms with Gasteiger partial charge in [0, 0.05) is 37.9 Å². The maximum atomic E-state index is 12.7. The molecule has 1 aliphatic rings. The van der Waals surface area contributed by atoms with Gasteiger partial charge in [0.25, 0.3) is 5.91 Å². The highest BCUT2D eigenvalue weighted by Crippen LogP contribution is 2.22. The summed E-state index contributed by atoms with van der Waals surface area (Å²) in [7, 11) is 3.27. The molecule has 0 radical (unpaired) electrons. The third-order valence-corrected chi connectivity index (χ3v) is 4.73. The van der Waals surface area contributed by atoms with Gasteiger partial charge in [0.2, 0.25) is 0 Å². The van der Waals surface area contributed by atoms with Crippen molar-refractivity contribution in [1.29, 1.82) is 0 Å². The fraction of sp³-hybridized carbons (Fsp3) is 0.381. The molecule has 1 aliphatic heterocycles. The molecule has 0 unspecified atom stereocenters. The molecule has 6 heteroatoms. The highest BCUT2D eigenvalue weighted by molar-refractivity contribution is 5.81. The third-order valence-electron chi connectivity index (χ3n) is 4.73. The molecule has 6 nitrogen and oxygen atoms in total. The van der Waals surface area contributed by atoms with E-state index in [1.165, 1.54) is 0 Å². The minimum absolute atomic E-state index is 0.00667. The maximum absolute atomic E-state index is 12.7. The average molecular weight is 370 g/mol. The van der Waals surface area contributed by atoms with Crippen LogP contribution in [0, 0.1) is 0 Å². The maximum Gasteiger partial charge on any atom is 0.263 e. The molecule has 1 atom stereocenters. The van der Waals surface area contributed by atoms with E-state index in [9.17, 15) is 4.79 Å². The summed E-state index contributed by atoms with van der Waals surface area (Å²) in [5.74, 6) is 2.19. The summed E-state index contributed by atoms with van der Waals surface area (Å²) < 4.78 is 16.2. The highest BCUT2D eigenvalue weighted by Gasteiger charge is 2.26. The number of methoxy groups -OCH3 is 2. The number of amides is 1. The van der Waals surface area contributed by atoms with Gasteiger partial charge in [-0.25, -0.2) is 0 Å². The predicted octanol–water partition coefficient (Wildman–Crippen LogP) is 2.82. The number of rotatable bonds is 6. The predicted molar refractivity (Wildman–Crippen MR) is 105 cm³/mol. The van der Waals surface area contributed by atoms with Crippen molar-refractivity contribution < 1.29 is 19.0 Å². The van der Waals surface area contributed by atoms with Crippen LogP contribution in [-0.4, -0.2) is 57.3 Å². The van der Waals surface area contributed by atoms with Crippen molar-refractivity contribution in [2.75, 3.05) is 45.3 Å². The Bertz CT molecular complexity index is 755. The second-order valence-corrected chi connectivity index (χ2v) is 6.45. The molecular formula is C21H26N2O4. The van der Waals surface area contributed by atoms with Crippen molar-refractivity contribution in [2.45, 2.75) is 13.0 Å². The first-order valence-electron chi connectivity index (χ1n) is 9.09. The van der Waals surface area contributed by atoms with Crippen LogP contribution < -0.4 is 19.1 Å². The molecule has 0 aromatic heterocycles. The molecule has 144 valence electrons. The Labute approximate surface area is 160 Å². The number of nitrogens with zero attached hydrogens (tertiary/aromatic N) is 2. The van der Waals surface area contributed by atoms with Crippen LogP contribution in [0.3, 0.4) is 0 Å². The van der Waals surface area contributed by atoms with Gasteiger partial charge in [-0.1, -0.05) is 6.07 Å². The van der Waals surface area contributed by atoms with Crippen molar-refractivity contribution in [3.63, 3.8) is 0 Å². The van der Waals surface area contributed by atoms with E-state index in [-0.39, 0.29) is 5.91 Å². The Morgan fingerprint density at radius 3 is 2.15 bits per heavy atom. The van der Waals surface area contributed by atoms with Crippen LogP contribution in [-0.2, 0) is 4.79 Å². The number of hydrogen-bond acceptors (Lipinski definition) is 5. The molecule has 2 aromatic carbocycles. The molecule has 27 heavy (non-hydrogen) atoms. The van der Waals surface area contributed by atoms with Crippen LogP contribution in [0.5, 0.6) is 17.2 Å². The van der Waals surface area contributed by atoms with Crippen molar-refractivity contribution in [3.8, 4) is 17.2 Å². The molecule has 0 N–H and O–H groups in total. The zero-order chi connectivity index (χ0) is 19.2. The summed E-state index contributed by atoms with van der Waals surface area (Å²) >= 11 is 0. The number of carbonyl (C=O) groups excluding carboxylic acids is 1. The van der Waals surface area contributed by atoms with Gasteiger partial charge in [0.1, 0.15) is 17.2 Å². The summed E-state index contributed by atoms with van der Waals surface area (Å²) in [4.78, 5) is 16.9. The van der Waals surface area contributed by atoms with E-state index in [1.54, 1.807) is 27.2 Å². The smallest absolute Gasteiger partial charge is 0.263 e. The van der Waals surface area contributed by atoms with Crippen molar-refractivity contribution in [3.05, 3.63) is 48.5 Å². The lowest BCUT2D eigenvalue weighted by molar-refractivity contribution is -0.138. The Morgan fingerprint density at radius 1 is 0.889 bits per heavy atom. The molecule has 1 fully saturated rings. The average Bonchev–Trinajstić information content (AvgIpc) is 2.73. The van der Waals surface area contributed by atoms with Crippen molar-refractivity contribution in [2.24, 2.45) is 0 Å². The van der Waals surface area contributed by atoms with Gasteiger partial charge in [-0.05, 0) is 43.3 Å². The standard InChI is InChI=1S/C21H26N2O4/c1-16(27-20-6-4-5-19(15-20)26-3)21(24)23-13-11-22(12-14-23)17-7-9-18(25-2)10-8-17/h4-10,15-16H,11-14H2,1-3H3/t16-/m1/s1. The molecule has 1 amide bonds. The van der Waals surface area contributed by atoms with Gasteiger partial charge < -0.3 is 24.0 Å². The lowest BCUT2D eigenvalue weighted by Crippen LogP contribution is -2.52. The fourth-order valence-electron chi connectivity index (χ4n) is 3.16. The van der Waals surface area contributed by atoms with Crippen LogP contribution >= 0.6 is 0 Å². The quantitative estimate of drug-likeness (QED) is 0.783. The van der Waals surface area contributed by atoms with E-state index >= 15 is 0 Å². The summed E-state index contributed by atoms with van der Waals surface area (Å²) in [5, 5.41) is 0. The first kappa shape index (κ1) is 18.9. The third kappa shape index (κ3) is 4.64. The van der Waals surface area contributed by atoms with E-state index in [4.69, 9.17) is 14.2 Å². The highest BCUT2D eigenvalue weighted by atomic mass is 16.5. The Balaban J connectivity index is 1.54. The second-order valence-electron chi connectivity index (χ2n) is 6.45. The molecule has 2 aromatic rings. The van der Waals surface area contributed by atoms with E-state index in [0.29, 0.717) is 24.6 Å². The van der Waals surface area contributed by atoms with Crippen molar-refractivity contribution >= 4 is 11.6 Å². The van der Waals surface area contributed by atoms with Crippen LogP contribution in [0.15, 0.2) is 48.5 Å². The fourth-order valence-corrected chi connectivity index (χ4v) is 3.16. The van der Waals surface area contributed by atoms with Gasteiger partial charge in [0.05, 0.1) is 14.2 Å². The zero-order valence-electron chi connectivity index (χ0n) is 16.1. The lowest BCUT2D eigenvalue weighted by atomic mass is 10.2. The Hall–Kier alpha value is -2.89. The monoisotopic (exact) mass is 370 g/mol. The molecular weight excluding hydrogens is 344 g/mol. The van der Waals surface area contributed by atoms with Crippen LogP contribution in [0.1, 0.15) is 6.92 Å². The molecule has 3 rings (SSSR count). The van der Waals surface area contributed by atoms with Gasteiger partial charge >= 0.3 is 0 Å². The number of benzene rings is 2. The van der Waals surface area contributed by atoms with E-state index in [2.05, 4.69) is 4.90 Å². The SMILES string of the molecule is COc1ccc(N2CCN(C(=O)[C@@H](C)Oc3cccc(OC)c3)CC2)cc1. The number of piperazine rings is 1. The van der Waals surface area contributed by atoms with Crippen molar-refractivity contribution in [1.82, 2.24) is 4.90 Å². The van der Waals surface area contributed by atoms with Gasteiger partial charge in [-0.15, -0.1) is 0 Å². The minimum atomic E-state index is -0.537. The van der Waals surface area contributed by atoms with E-state index < -0.39 is 6.10 Å². The number of anilines is 1. The largest absolute Gasteiger partial charge is 0.497 e. The van der Waals surface area contributed by atoms with Gasteiger partial charge in [-0.2, -0.15) is 0 Å². The second kappa shape index (κ2) is 8.66. The number of ether oxygens (including phenoxy) is 3. The summed E-state index contributed by atoms with van der Waals surface area (Å²) in [6.45, 7) is 4.74. The summed E-state index contributed by atoms with van der Waals surface area (Å²) in [5.41, 5.74) is 1.14. The number of carbonyl (C=O) groups is 1. The van der Waals surface area contributed by atoms with Gasteiger partial charge in [-0.3, -0.25) is 4.79 Å². The van der Waals surface area contributed by atoms with Crippen LogP contribution in [0.4, 0.5) is 5.69 Å². The zero-order valence-corrected chi connectivity index (χ0v) is 16.1. The van der Waals surface area contributed by atoms with Gasteiger partial charge in [0.15, 0.2) is 6.10 Å². The Morgan fingerprint density at radius 2 is 1.52 bits per heavy atom. The van der Waals surface area contributed by atoms with E-state index in [1.807, 2.05) is 47.4 Å². The van der Waals surface area contributed by atoms with Crippen LogP contribution in [0.2, 0.25) is 0 Å². The van der Waals surface area contributed by atoms with E-state index in [0.717, 1.165) is 24.5 Å². The molecule has 1 heterocycles. The summed E-state index contributed by atoms with van der Waals surface area (Å²) in [6.07, 6.45) is -0.537. The first-order chi connectivity index (χ1) is 13.1. The lowest BCUT2D eigenvalue weighted by Gasteiger charge is -2.37. The number of hydrogen-bond donors (Lipinski definition) is 0. The molecule has 1 saturated heterocycles. The minimum Gasteiger partial charge on any atom is -0.497 e. The summed E-state index contributed by atoms with van der Waals surface area (Å²) in [6, 6.07) is 15.3. The molecule has 0 spiro atoms. The molecule has 0 bridgehead atoms. The Kier molecular flexibility index (Phi) is 6.06. The first-order valence-corrected chi connectivity index (χ1v) is 9.09. The topological polar surface area (TPSA) is 51.2 Å². The molecule has 0 aliphatic carbocycles. The normalized spacial score (nSPS) is 15.2. The van der Waals surface area contributed by atoms with Crippen LogP contribution in [0.25, 0.3) is 0 Å². The molecule has 0 saturated carbocycles.